The van der Waals surface area contributed by atoms with E-state index in [4.69, 9.17) is 4.74 Å². The molecular formula is C9H5BrN4O3. The molecule has 2 heterocycles. The number of rotatable bonds is 1. The highest BCUT2D eigenvalue weighted by Crippen LogP contribution is 2.33. The number of nitro groups is 1. The Balaban J connectivity index is 2.05. The summed E-state index contributed by atoms with van der Waals surface area (Å²) in [5, 5.41) is 14.7. The van der Waals surface area contributed by atoms with Crippen molar-refractivity contribution in [3.8, 4) is 11.8 Å². The van der Waals surface area contributed by atoms with Gasteiger partial charge in [0.15, 0.2) is 0 Å². The zero-order valence-corrected chi connectivity index (χ0v) is 9.92. The lowest BCUT2D eigenvalue weighted by molar-refractivity contribution is -0.384. The quantitative estimate of drug-likeness (QED) is 0.507. The Bertz CT molecular complexity index is 625. The van der Waals surface area contributed by atoms with E-state index in [0.29, 0.717) is 28.6 Å². The number of fused-ring (bicyclic) bond motifs is 2. The number of halogens is 1. The first-order valence-corrected chi connectivity index (χ1v) is 5.48. The summed E-state index contributed by atoms with van der Waals surface area (Å²) in [5.41, 5.74) is 0.749. The maximum absolute atomic E-state index is 10.7. The Morgan fingerprint density at radius 3 is 3.12 bits per heavy atom. The molecule has 0 saturated heterocycles. The van der Waals surface area contributed by atoms with Gasteiger partial charge in [-0.25, -0.2) is 4.68 Å². The Morgan fingerprint density at radius 1 is 1.53 bits per heavy atom. The van der Waals surface area contributed by atoms with Crippen LogP contribution in [0.4, 0.5) is 5.69 Å². The molecular weight excluding hydrogens is 292 g/mol. The largest absolute Gasteiger partial charge is 0.424 e. The number of aromatic nitrogens is 3. The van der Waals surface area contributed by atoms with E-state index in [2.05, 4.69) is 26.0 Å². The molecule has 0 amide bonds. The van der Waals surface area contributed by atoms with Crippen LogP contribution < -0.4 is 4.74 Å². The predicted molar refractivity (Wildman–Crippen MR) is 60.0 cm³/mol. The van der Waals surface area contributed by atoms with Crippen LogP contribution in [0.3, 0.4) is 0 Å². The van der Waals surface area contributed by atoms with Gasteiger partial charge in [0.25, 0.3) is 5.69 Å². The van der Waals surface area contributed by atoms with Gasteiger partial charge in [0.05, 0.1) is 11.5 Å². The van der Waals surface area contributed by atoms with Gasteiger partial charge in [-0.05, 0) is 22.0 Å². The molecule has 1 aromatic heterocycles. The zero-order chi connectivity index (χ0) is 12.0. The summed E-state index contributed by atoms with van der Waals surface area (Å²) in [4.78, 5) is 14.2. The van der Waals surface area contributed by atoms with Gasteiger partial charge >= 0.3 is 6.01 Å². The molecule has 0 atom stereocenters. The van der Waals surface area contributed by atoms with Gasteiger partial charge in [-0.2, -0.15) is 4.98 Å². The van der Waals surface area contributed by atoms with Gasteiger partial charge < -0.3 is 4.74 Å². The van der Waals surface area contributed by atoms with Crippen LogP contribution in [-0.4, -0.2) is 19.7 Å². The van der Waals surface area contributed by atoms with Crippen LogP contribution in [0.25, 0.3) is 0 Å². The van der Waals surface area contributed by atoms with Crippen LogP contribution in [0.5, 0.6) is 11.8 Å². The lowest BCUT2D eigenvalue weighted by Gasteiger charge is -2.16. The minimum atomic E-state index is -0.437. The van der Waals surface area contributed by atoms with E-state index < -0.39 is 4.92 Å². The molecule has 0 bridgehead atoms. The minimum Gasteiger partial charge on any atom is -0.424 e. The van der Waals surface area contributed by atoms with Gasteiger partial charge in [-0.3, -0.25) is 10.1 Å². The molecule has 2 aromatic rings. The molecule has 0 fully saturated rings. The summed E-state index contributed by atoms with van der Waals surface area (Å²) in [6.45, 7) is 0.408. The average molecular weight is 297 g/mol. The van der Waals surface area contributed by atoms with Crippen molar-refractivity contribution >= 4 is 21.6 Å². The van der Waals surface area contributed by atoms with Crippen molar-refractivity contribution in [2.24, 2.45) is 0 Å². The minimum absolute atomic E-state index is 0.0370. The molecule has 1 aromatic carbocycles. The topological polar surface area (TPSA) is 83.1 Å². The highest BCUT2D eigenvalue weighted by atomic mass is 79.9. The number of non-ortho nitro benzene ring substituents is 1. The van der Waals surface area contributed by atoms with E-state index in [-0.39, 0.29) is 5.69 Å². The van der Waals surface area contributed by atoms with E-state index in [1.54, 1.807) is 6.07 Å². The van der Waals surface area contributed by atoms with Crippen LogP contribution in [-0.2, 0) is 6.54 Å². The van der Waals surface area contributed by atoms with E-state index >= 15 is 0 Å². The molecule has 8 heteroatoms. The van der Waals surface area contributed by atoms with Crippen molar-refractivity contribution in [2.45, 2.75) is 6.54 Å². The van der Waals surface area contributed by atoms with Gasteiger partial charge in [-0.1, -0.05) is 0 Å². The lowest BCUT2D eigenvalue weighted by atomic mass is 10.1. The Morgan fingerprint density at radius 2 is 2.35 bits per heavy atom. The smallest absolute Gasteiger partial charge is 0.321 e. The number of benzene rings is 1. The molecule has 7 nitrogen and oxygen atoms in total. The molecule has 0 N–H and O–H groups in total. The van der Waals surface area contributed by atoms with Crippen molar-refractivity contribution in [3.05, 3.63) is 38.6 Å². The normalized spacial score (nSPS) is 12.5. The predicted octanol–water partition coefficient (Wildman–Crippen LogP) is 2.10. The summed E-state index contributed by atoms with van der Waals surface area (Å²) in [5.74, 6) is 0.572. The lowest BCUT2D eigenvalue weighted by Crippen LogP contribution is -2.11. The summed E-state index contributed by atoms with van der Waals surface area (Å²) >= 11 is 3.14. The van der Waals surface area contributed by atoms with Crippen molar-refractivity contribution in [2.75, 3.05) is 0 Å². The van der Waals surface area contributed by atoms with E-state index in [1.807, 2.05) is 0 Å². The molecule has 0 radical (unpaired) electrons. The molecule has 0 saturated carbocycles. The van der Waals surface area contributed by atoms with Gasteiger partial charge in [0, 0.05) is 17.7 Å². The number of hydrogen-bond acceptors (Lipinski definition) is 5. The fourth-order valence-corrected chi connectivity index (χ4v) is 1.99. The molecule has 17 heavy (non-hydrogen) atoms. The fraction of sp³-hybridized carbons (Fsp3) is 0.111. The first-order valence-electron chi connectivity index (χ1n) is 4.69. The van der Waals surface area contributed by atoms with Gasteiger partial charge in [0.2, 0.25) is 4.73 Å². The number of nitrogens with zero attached hydrogens (tertiary/aromatic N) is 4. The summed E-state index contributed by atoms with van der Waals surface area (Å²) in [6, 6.07) is 4.83. The fourth-order valence-electron chi connectivity index (χ4n) is 1.64. The van der Waals surface area contributed by atoms with Crippen LogP contribution in [0.1, 0.15) is 5.56 Å². The number of ether oxygens (including phenoxy) is 1. The van der Waals surface area contributed by atoms with Crippen molar-refractivity contribution in [1.82, 2.24) is 14.8 Å². The summed E-state index contributed by atoms with van der Waals surface area (Å²) < 4.78 is 7.43. The average Bonchev–Trinajstić information content (AvgIpc) is 2.63. The zero-order valence-electron chi connectivity index (χ0n) is 8.33. The standard InChI is InChI=1S/C9H5BrN4O3/c10-8-11-9-13(12-8)4-5-3-6(14(15)16)1-2-7(5)17-9/h1-3H,4H2. The Kier molecular flexibility index (Phi) is 2.11. The van der Waals surface area contributed by atoms with E-state index in [9.17, 15) is 10.1 Å². The second-order valence-electron chi connectivity index (χ2n) is 3.47. The Hall–Kier alpha value is -1.96. The highest BCUT2D eigenvalue weighted by molar-refractivity contribution is 9.10. The van der Waals surface area contributed by atoms with Crippen LogP contribution >= 0.6 is 15.9 Å². The SMILES string of the molecule is O=[N+]([O-])c1ccc2c(c1)Cn1nc(Br)nc1O2. The third kappa shape index (κ3) is 1.66. The van der Waals surface area contributed by atoms with Crippen molar-refractivity contribution in [1.29, 1.82) is 0 Å². The molecule has 3 rings (SSSR count). The molecule has 1 aliphatic heterocycles. The van der Waals surface area contributed by atoms with Crippen molar-refractivity contribution < 1.29 is 9.66 Å². The highest BCUT2D eigenvalue weighted by Gasteiger charge is 2.22. The summed E-state index contributed by atoms with van der Waals surface area (Å²) in [7, 11) is 0. The second-order valence-corrected chi connectivity index (χ2v) is 4.18. The Labute approximate surface area is 103 Å². The molecule has 0 aliphatic carbocycles. The van der Waals surface area contributed by atoms with E-state index in [0.717, 1.165) is 0 Å². The second kappa shape index (κ2) is 3.52. The maximum atomic E-state index is 10.7. The maximum Gasteiger partial charge on any atom is 0.321 e. The first-order chi connectivity index (χ1) is 8.13. The van der Waals surface area contributed by atoms with Crippen molar-refractivity contribution in [3.63, 3.8) is 0 Å². The van der Waals surface area contributed by atoms with E-state index in [1.165, 1.54) is 16.8 Å². The van der Waals surface area contributed by atoms with Crippen LogP contribution in [0.15, 0.2) is 22.9 Å². The van der Waals surface area contributed by atoms with Gasteiger partial charge in [0.1, 0.15) is 5.75 Å². The molecule has 1 aliphatic rings. The molecule has 0 unspecified atom stereocenters. The number of hydrogen-bond donors (Lipinski definition) is 0. The first kappa shape index (κ1) is 10.2. The monoisotopic (exact) mass is 296 g/mol. The molecule has 86 valence electrons. The summed E-state index contributed by atoms with van der Waals surface area (Å²) in [6.07, 6.45) is 0. The number of nitro benzene ring substituents is 1. The van der Waals surface area contributed by atoms with Gasteiger partial charge in [-0.15, -0.1) is 5.10 Å². The third-order valence-electron chi connectivity index (χ3n) is 2.39. The van der Waals surface area contributed by atoms with Crippen LogP contribution in [0, 0.1) is 10.1 Å². The molecule has 0 spiro atoms. The van der Waals surface area contributed by atoms with Crippen LogP contribution in [0.2, 0.25) is 0 Å². The third-order valence-corrected chi connectivity index (χ3v) is 2.72.